The molecule has 4 heteroatoms. The molecule has 16 heavy (non-hydrogen) atoms. The van der Waals surface area contributed by atoms with Crippen LogP contribution < -0.4 is 10.2 Å². The fourth-order valence-corrected chi connectivity index (χ4v) is 1.76. The van der Waals surface area contributed by atoms with Crippen LogP contribution in [0.2, 0.25) is 0 Å². The van der Waals surface area contributed by atoms with Crippen LogP contribution in [-0.4, -0.2) is 18.7 Å². The Hall–Kier alpha value is -1.84. The van der Waals surface area contributed by atoms with E-state index >= 15 is 0 Å². The van der Waals surface area contributed by atoms with Crippen LogP contribution >= 0.6 is 0 Å². The molecule has 1 N–H and O–H groups in total. The average Bonchev–Trinajstić information content (AvgIpc) is 2.30. The predicted octanol–water partition coefficient (Wildman–Crippen LogP) is 1.62. The smallest absolute Gasteiger partial charge is 0.240 e. The van der Waals surface area contributed by atoms with E-state index in [0.29, 0.717) is 12.8 Å². The number of hydrazone groups is 1. The number of nitrogens with one attached hydrogen (secondary N) is 1. The van der Waals surface area contributed by atoms with Crippen molar-refractivity contribution in [1.82, 2.24) is 5.43 Å². The molecule has 84 valence electrons. The summed E-state index contributed by atoms with van der Waals surface area (Å²) < 4.78 is 5.14. The Kier molecular flexibility index (Phi) is 2.90. The van der Waals surface area contributed by atoms with Gasteiger partial charge in [-0.05, 0) is 30.7 Å². The first-order chi connectivity index (χ1) is 7.70. The lowest BCUT2D eigenvalue weighted by Gasteiger charge is -2.14. The molecule has 0 fully saturated rings. The number of hydrogen-bond donors (Lipinski definition) is 1. The Balaban J connectivity index is 2.30. The van der Waals surface area contributed by atoms with Crippen molar-refractivity contribution in [3.05, 3.63) is 29.3 Å². The Bertz CT molecular complexity index is 452. The summed E-state index contributed by atoms with van der Waals surface area (Å²) >= 11 is 0. The lowest BCUT2D eigenvalue weighted by atomic mass is 9.99. The maximum Gasteiger partial charge on any atom is 0.240 e. The molecular formula is C12H14N2O2. The molecule has 0 unspecified atom stereocenters. The molecule has 0 saturated heterocycles. The van der Waals surface area contributed by atoms with Gasteiger partial charge in [-0.25, -0.2) is 5.43 Å². The molecule has 4 nitrogen and oxygen atoms in total. The van der Waals surface area contributed by atoms with Crippen LogP contribution in [0.15, 0.2) is 23.3 Å². The third-order valence-corrected chi connectivity index (χ3v) is 2.65. The van der Waals surface area contributed by atoms with Crippen molar-refractivity contribution in [3.63, 3.8) is 0 Å². The minimum absolute atomic E-state index is 0.0186. The number of aryl methyl sites for hydroxylation is 1. The fourth-order valence-electron chi connectivity index (χ4n) is 1.76. The molecule has 1 aliphatic heterocycles. The summed E-state index contributed by atoms with van der Waals surface area (Å²) in [7, 11) is 1.65. The molecular weight excluding hydrogens is 204 g/mol. The molecule has 1 aliphatic rings. The van der Waals surface area contributed by atoms with E-state index in [1.165, 1.54) is 0 Å². The van der Waals surface area contributed by atoms with Crippen molar-refractivity contribution >= 4 is 11.6 Å². The molecule has 1 amide bonds. The highest BCUT2D eigenvalue weighted by Gasteiger charge is 2.14. The molecule has 1 heterocycles. The topological polar surface area (TPSA) is 50.7 Å². The summed E-state index contributed by atoms with van der Waals surface area (Å²) in [6.45, 7) is 2.01. The highest BCUT2D eigenvalue weighted by atomic mass is 16.5. The third-order valence-electron chi connectivity index (χ3n) is 2.65. The first kappa shape index (κ1) is 10.7. The molecule has 0 spiro atoms. The number of methoxy groups -OCH3 is 1. The Morgan fingerprint density at radius 1 is 1.38 bits per heavy atom. The van der Waals surface area contributed by atoms with E-state index in [4.69, 9.17) is 4.74 Å². The Morgan fingerprint density at radius 2 is 2.19 bits per heavy atom. The maximum atomic E-state index is 11.0. The second-order valence-corrected chi connectivity index (χ2v) is 3.77. The molecule has 1 aromatic rings. The number of benzene rings is 1. The van der Waals surface area contributed by atoms with Gasteiger partial charge in [-0.3, -0.25) is 4.79 Å². The van der Waals surface area contributed by atoms with Crippen LogP contribution in [0.5, 0.6) is 5.75 Å². The highest BCUT2D eigenvalue weighted by Crippen LogP contribution is 2.19. The summed E-state index contributed by atoms with van der Waals surface area (Å²) in [5, 5.41) is 4.07. The van der Waals surface area contributed by atoms with Crippen LogP contribution in [0, 0.1) is 6.92 Å². The molecule has 1 aromatic carbocycles. The molecule has 0 saturated carbocycles. The van der Waals surface area contributed by atoms with E-state index in [2.05, 4.69) is 10.5 Å². The van der Waals surface area contributed by atoms with Gasteiger partial charge in [-0.15, -0.1) is 0 Å². The van der Waals surface area contributed by atoms with E-state index in [0.717, 1.165) is 22.6 Å². The number of nitrogens with zero attached hydrogens (tertiary/aromatic N) is 1. The van der Waals surface area contributed by atoms with E-state index in [9.17, 15) is 4.79 Å². The van der Waals surface area contributed by atoms with Gasteiger partial charge in [0.1, 0.15) is 5.75 Å². The second kappa shape index (κ2) is 4.35. The molecule has 0 aliphatic carbocycles. The van der Waals surface area contributed by atoms with Gasteiger partial charge >= 0.3 is 0 Å². The Labute approximate surface area is 94.3 Å². The molecule has 0 aromatic heterocycles. The summed E-state index contributed by atoms with van der Waals surface area (Å²) in [5.41, 5.74) is 5.61. The number of carbonyl (C=O) groups is 1. The Morgan fingerprint density at radius 3 is 2.75 bits per heavy atom. The lowest BCUT2D eigenvalue weighted by molar-refractivity contribution is -0.121. The SMILES string of the molecule is COc1ccc(C2=NNC(=O)CC2)c(C)c1. The minimum Gasteiger partial charge on any atom is -0.497 e. The van der Waals surface area contributed by atoms with Crippen molar-refractivity contribution in [2.45, 2.75) is 19.8 Å². The zero-order valence-electron chi connectivity index (χ0n) is 9.41. The second-order valence-electron chi connectivity index (χ2n) is 3.77. The van der Waals surface area contributed by atoms with Crippen LogP contribution in [0.25, 0.3) is 0 Å². The van der Waals surface area contributed by atoms with E-state index in [1.807, 2.05) is 25.1 Å². The first-order valence-electron chi connectivity index (χ1n) is 5.21. The van der Waals surface area contributed by atoms with Gasteiger partial charge in [0.15, 0.2) is 0 Å². The van der Waals surface area contributed by atoms with Gasteiger partial charge in [0, 0.05) is 18.4 Å². The quantitative estimate of drug-likeness (QED) is 0.820. The fraction of sp³-hybridized carbons (Fsp3) is 0.333. The van der Waals surface area contributed by atoms with Crippen LogP contribution in [0.4, 0.5) is 0 Å². The first-order valence-corrected chi connectivity index (χ1v) is 5.21. The van der Waals surface area contributed by atoms with Crippen molar-refractivity contribution in [1.29, 1.82) is 0 Å². The number of carbonyl (C=O) groups excluding carboxylic acids is 1. The van der Waals surface area contributed by atoms with Crippen LogP contribution in [0.1, 0.15) is 24.0 Å². The highest BCUT2D eigenvalue weighted by molar-refractivity contribution is 6.05. The zero-order chi connectivity index (χ0) is 11.5. The zero-order valence-corrected chi connectivity index (χ0v) is 9.41. The van der Waals surface area contributed by atoms with Crippen molar-refractivity contribution in [3.8, 4) is 5.75 Å². The third kappa shape index (κ3) is 2.05. The summed E-state index contributed by atoms with van der Waals surface area (Å²) in [6.07, 6.45) is 1.20. The van der Waals surface area contributed by atoms with Crippen molar-refractivity contribution in [2.75, 3.05) is 7.11 Å². The number of ether oxygens (including phenoxy) is 1. The van der Waals surface area contributed by atoms with E-state index < -0.39 is 0 Å². The molecule has 0 radical (unpaired) electrons. The van der Waals surface area contributed by atoms with Crippen molar-refractivity contribution < 1.29 is 9.53 Å². The lowest BCUT2D eigenvalue weighted by Crippen LogP contribution is -2.26. The molecule has 0 bridgehead atoms. The van der Waals surface area contributed by atoms with Gasteiger partial charge in [0.05, 0.1) is 12.8 Å². The summed E-state index contributed by atoms with van der Waals surface area (Å²) in [6, 6.07) is 5.85. The number of hydrogen-bond acceptors (Lipinski definition) is 3. The number of rotatable bonds is 2. The average molecular weight is 218 g/mol. The van der Waals surface area contributed by atoms with Gasteiger partial charge in [0.2, 0.25) is 5.91 Å². The van der Waals surface area contributed by atoms with Gasteiger partial charge in [-0.1, -0.05) is 0 Å². The monoisotopic (exact) mass is 218 g/mol. The standard InChI is InChI=1S/C12H14N2O2/c1-8-7-9(16-2)3-4-10(8)11-5-6-12(15)14-13-11/h3-4,7H,5-6H2,1-2H3,(H,14,15). The predicted molar refractivity (Wildman–Crippen MR) is 61.6 cm³/mol. The van der Waals surface area contributed by atoms with E-state index in [1.54, 1.807) is 7.11 Å². The van der Waals surface area contributed by atoms with E-state index in [-0.39, 0.29) is 5.91 Å². The van der Waals surface area contributed by atoms with Crippen LogP contribution in [-0.2, 0) is 4.79 Å². The summed E-state index contributed by atoms with van der Waals surface area (Å²) in [5.74, 6) is 0.816. The minimum atomic E-state index is -0.0186. The van der Waals surface area contributed by atoms with Gasteiger partial charge in [-0.2, -0.15) is 5.10 Å². The van der Waals surface area contributed by atoms with Gasteiger partial charge in [0.25, 0.3) is 0 Å². The van der Waals surface area contributed by atoms with Gasteiger partial charge < -0.3 is 4.74 Å². The normalized spacial score (nSPS) is 15.4. The van der Waals surface area contributed by atoms with Crippen molar-refractivity contribution in [2.24, 2.45) is 5.10 Å². The molecule has 0 atom stereocenters. The maximum absolute atomic E-state index is 11.0. The van der Waals surface area contributed by atoms with Crippen LogP contribution in [0.3, 0.4) is 0 Å². The largest absolute Gasteiger partial charge is 0.497 e. The molecule has 2 rings (SSSR count). The number of amides is 1. The summed E-state index contributed by atoms with van der Waals surface area (Å²) in [4.78, 5) is 11.0.